The maximum absolute atomic E-state index is 10.7. The first-order valence-electron chi connectivity index (χ1n) is 6.48. The van der Waals surface area contributed by atoms with E-state index in [1.165, 1.54) is 19.3 Å². The molecule has 2 bridgehead atoms. The van der Waals surface area contributed by atoms with Crippen LogP contribution in [0, 0.1) is 11.8 Å². The Kier molecular flexibility index (Phi) is 2.78. The molecular formula is C12H19N3O2. The lowest BCUT2D eigenvalue weighted by Crippen LogP contribution is -2.54. The molecule has 3 atom stereocenters. The van der Waals surface area contributed by atoms with Gasteiger partial charge in [-0.05, 0) is 25.2 Å². The molecule has 94 valence electrons. The van der Waals surface area contributed by atoms with Gasteiger partial charge in [0.25, 0.3) is 0 Å². The Morgan fingerprint density at radius 1 is 1.24 bits per heavy atom. The molecule has 0 aromatic carbocycles. The van der Waals surface area contributed by atoms with Crippen molar-refractivity contribution < 1.29 is 10.0 Å². The third-order valence-electron chi connectivity index (χ3n) is 4.65. The van der Waals surface area contributed by atoms with Crippen LogP contribution in [0.5, 0.6) is 0 Å². The summed E-state index contributed by atoms with van der Waals surface area (Å²) in [7, 11) is 0. The average Bonchev–Trinajstić information content (AvgIpc) is 2.98. The summed E-state index contributed by atoms with van der Waals surface area (Å²) < 4.78 is 0. The Morgan fingerprint density at radius 2 is 2.00 bits per heavy atom. The number of fused-ring (bicyclic) bond motifs is 2. The van der Waals surface area contributed by atoms with Gasteiger partial charge in [-0.15, -0.1) is 0 Å². The monoisotopic (exact) mass is 237 g/mol. The number of oxime groups is 1. The van der Waals surface area contributed by atoms with Crippen molar-refractivity contribution in [1.29, 1.82) is 0 Å². The summed E-state index contributed by atoms with van der Waals surface area (Å²) in [5.74, 6) is 1.19. The van der Waals surface area contributed by atoms with Crippen molar-refractivity contribution >= 4 is 12.1 Å². The number of nitrogens with zero attached hydrogens (tertiary/aromatic N) is 3. The topological polar surface area (TPSA) is 56.1 Å². The van der Waals surface area contributed by atoms with E-state index in [-0.39, 0.29) is 0 Å². The summed E-state index contributed by atoms with van der Waals surface area (Å²) in [5.41, 5.74) is 1.00. The highest BCUT2D eigenvalue weighted by atomic mass is 16.4. The van der Waals surface area contributed by atoms with E-state index in [4.69, 9.17) is 0 Å². The van der Waals surface area contributed by atoms with Crippen molar-refractivity contribution in [2.24, 2.45) is 17.0 Å². The number of hydrogen-bond acceptors (Lipinski definition) is 4. The zero-order valence-corrected chi connectivity index (χ0v) is 9.96. The van der Waals surface area contributed by atoms with Crippen molar-refractivity contribution in [1.82, 2.24) is 9.80 Å². The molecule has 3 rings (SSSR count). The Morgan fingerprint density at radius 3 is 2.65 bits per heavy atom. The third kappa shape index (κ3) is 1.73. The molecule has 0 aromatic rings. The molecule has 0 aromatic heterocycles. The molecule has 2 aliphatic carbocycles. The zero-order valence-electron chi connectivity index (χ0n) is 9.96. The van der Waals surface area contributed by atoms with Crippen molar-refractivity contribution in [3.05, 3.63) is 0 Å². The van der Waals surface area contributed by atoms with Crippen LogP contribution in [0.4, 0.5) is 0 Å². The number of carbonyl (C=O) groups is 1. The van der Waals surface area contributed by atoms with Crippen LogP contribution in [0.2, 0.25) is 0 Å². The molecule has 3 fully saturated rings. The second kappa shape index (κ2) is 4.29. The van der Waals surface area contributed by atoms with Gasteiger partial charge in [0.1, 0.15) is 0 Å². The van der Waals surface area contributed by atoms with Crippen LogP contribution >= 0.6 is 0 Å². The average molecular weight is 237 g/mol. The number of amides is 1. The Labute approximate surface area is 101 Å². The number of rotatable bonds is 2. The first kappa shape index (κ1) is 11.0. The molecule has 1 amide bonds. The minimum Gasteiger partial charge on any atom is -0.411 e. The van der Waals surface area contributed by atoms with E-state index < -0.39 is 0 Å². The van der Waals surface area contributed by atoms with Crippen LogP contribution in [-0.4, -0.2) is 59.3 Å². The molecule has 0 spiro atoms. The normalized spacial score (nSPS) is 40.1. The van der Waals surface area contributed by atoms with Crippen LogP contribution in [-0.2, 0) is 4.79 Å². The summed E-state index contributed by atoms with van der Waals surface area (Å²) in [6, 6.07) is 0.340. The van der Waals surface area contributed by atoms with E-state index in [9.17, 15) is 10.0 Å². The second-order valence-electron chi connectivity index (χ2n) is 5.42. The van der Waals surface area contributed by atoms with Crippen LogP contribution in [0.3, 0.4) is 0 Å². The van der Waals surface area contributed by atoms with Gasteiger partial charge >= 0.3 is 0 Å². The number of carbonyl (C=O) groups excluding carboxylic acids is 1. The fourth-order valence-electron chi connectivity index (χ4n) is 3.80. The van der Waals surface area contributed by atoms with Gasteiger partial charge in [0.05, 0.1) is 11.8 Å². The van der Waals surface area contributed by atoms with Crippen molar-refractivity contribution in [2.75, 3.05) is 26.2 Å². The minimum atomic E-state index is 0.340. The van der Waals surface area contributed by atoms with E-state index in [2.05, 4.69) is 10.1 Å². The van der Waals surface area contributed by atoms with Crippen LogP contribution in [0.15, 0.2) is 5.16 Å². The molecule has 1 saturated heterocycles. The van der Waals surface area contributed by atoms with Gasteiger partial charge in [0.2, 0.25) is 6.41 Å². The summed E-state index contributed by atoms with van der Waals surface area (Å²) in [5, 5.41) is 12.7. The summed E-state index contributed by atoms with van der Waals surface area (Å²) >= 11 is 0. The van der Waals surface area contributed by atoms with Crippen LogP contribution < -0.4 is 0 Å². The van der Waals surface area contributed by atoms with E-state index in [1.807, 2.05) is 4.90 Å². The molecule has 1 N–H and O–H groups in total. The Balaban J connectivity index is 1.70. The lowest BCUT2D eigenvalue weighted by atomic mass is 9.91. The molecule has 3 unspecified atom stereocenters. The lowest BCUT2D eigenvalue weighted by molar-refractivity contribution is -0.119. The predicted octanol–water partition coefficient (Wildman–Crippen LogP) is 0.389. The maximum atomic E-state index is 10.7. The molecule has 2 saturated carbocycles. The predicted molar refractivity (Wildman–Crippen MR) is 63.1 cm³/mol. The van der Waals surface area contributed by atoms with E-state index in [0.717, 1.165) is 38.3 Å². The molecule has 1 aliphatic heterocycles. The van der Waals surface area contributed by atoms with E-state index in [1.54, 1.807) is 0 Å². The Hall–Kier alpha value is -1.10. The van der Waals surface area contributed by atoms with Crippen molar-refractivity contribution in [2.45, 2.75) is 25.3 Å². The van der Waals surface area contributed by atoms with Gasteiger partial charge in [-0.3, -0.25) is 9.69 Å². The maximum Gasteiger partial charge on any atom is 0.209 e. The molecule has 0 radical (unpaired) electrons. The number of piperazine rings is 1. The van der Waals surface area contributed by atoms with Gasteiger partial charge in [0, 0.05) is 32.1 Å². The molecule has 5 nitrogen and oxygen atoms in total. The van der Waals surface area contributed by atoms with E-state index >= 15 is 0 Å². The highest BCUT2D eigenvalue weighted by molar-refractivity contribution is 5.94. The van der Waals surface area contributed by atoms with Gasteiger partial charge < -0.3 is 10.1 Å². The van der Waals surface area contributed by atoms with Gasteiger partial charge in [-0.25, -0.2) is 0 Å². The lowest BCUT2D eigenvalue weighted by Gasteiger charge is -2.39. The summed E-state index contributed by atoms with van der Waals surface area (Å²) in [6.07, 6.45) is 4.58. The van der Waals surface area contributed by atoms with Crippen LogP contribution in [0.25, 0.3) is 0 Å². The molecule has 1 heterocycles. The van der Waals surface area contributed by atoms with Gasteiger partial charge in [-0.1, -0.05) is 5.16 Å². The number of hydrogen-bond donors (Lipinski definition) is 1. The molecule has 17 heavy (non-hydrogen) atoms. The van der Waals surface area contributed by atoms with Crippen molar-refractivity contribution in [3.63, 3.8) is 0 Å². The largest absolute Gasteiger partial charge is 0.411 e. The SMILES string of the molecule is O=CN1CCN(C2C(=NO)C3CCC2C3)CC1. The molecular weight excluding hydrogens is 218 g/mol. The molecule has 5 heteroatoms. The smallest absolute Gasteiger partial charge is 0.209 e. The van der Waals surface area contributed by atoms with Crippen LogP contribution in [0.1, 0.15) is 19.3 Å². The van der Waals surface area contributed by atoms with Gasteiger partial charge in [0.15, 0.2) is 0 Å². The first-order valence-corrected chi connectivity index (χ1v) is 6.48. The minimum absolute atomic E-state index is 0.340. The first-order chi connectivity index (χ1) is 8.33. The fraction of sp³-hybridized carbons (Fsp3) is 0.833. The van der Waals surface area contributed by atoms with E-state index in [0.29, 0.717) is 17.9 Å². The quantitative estimate of drug-likeness (QED) is 0.429. The zero-order chi connectivity index (χ0) is 11.8. The standard InChI is InChI=1S/C12H19N3O2/c16-8-14-3-5-15(6-4-14)12-10-2-1-9(7-10)11(12)13-17/h8-10,12,17H,1-7H2. The van der Waals surface area contributed by atoms with Gasteiger partial charge in [-0.2, -0.15) is 0 Å². The molecule has 3 aliphatic rings. The highest BCUT2D eigenvalue weighted by Crippen LogP contribution is 2.45. The second-order valence-corrected chi connectivity index (χ2v) is 5.42. The summed E-state index contributed by atoms with van der Waals surface area (Å²) in [6.45, 7) is 3.42. The third-order valence-corrected chi connectivity index (χ3v) is 4.65. The Bertz CT molecular complexity index is 337. The fourth-order valence-corrected chi connectivity index (χ4v) is 3.80. The summed E-state index contributed by atoms with van der Waals surface area (Å²) in [4.78, 5) is 14.9. The van der Waals surface area contributed by atoms with Crippen molar-refractivity contribution in [3.8, 4) is 0 Å². The highest BCUT2D eigenvalue weighted by Gasteiger charge is 2.48.